The predicted octanol–water partition coefficient (Wildman–Crippen LogP) is 3.98. The number of aryl methyl sites for hydroxylation is 1. The lowest BCUT2D eigenvalue weighted by atomic mass is 9.86. The molecule has 134 valence electrons. The molecule has 4 heteroatoms. The van der Waals surface area contributed by atoms with Gasteiger partial charge < -0.3 is 5.73 Å². The number of rotatable bonds is 6. The summed E-state index contributed by atoms with van der Waals surface area (Å²) in [6.45, 7) is 4.33. The maximum Gasteiger partial charge on any atom is 0.248 e. The largest absolute Gasteiger partial charge is 0.366 e. The lowest BCUT2D eigenvalue weighted by molar-refractivity contribution is 0.1000. The normalized spacial score (nSPS) is 16.2. The molecule has 2 aromatic rings. The third-order valence-electron chi connectivity index (χ3n) is 4.95. The van der Waals surface area contributed by atoms with E-state index in [0.29, 0.717) is 11.6 Å². The van der Waals surface area contributed by atoms with Crippen LogP contribution in [0.3, 0.4) is 0 Å². The van der Waals surface area contributed by atoms with Crippen molar-refractivity contribution >= 4 is 18.3 Å². The van der Waals surface area contributed by atoms with Gasteiger partial charge in [-0.15, -0.1) is 12.4 Å². The van der Waals surface area contributed by atoms with Crippen LogP contribution in [0.1, 0.15) is 46.8 Å². The SMILES string of the molecule is CCCN(Cc1ccccc1)C1CCc2ccc(C(N)=O)cc2C1.Cl. The molecule has 0 fully saturated rings. The minimum absolute atomic E-state index is 0. The zero-order valence-corrected chi connectivity index (χ0v) is 15.6. The summed E-state index contributed by atoms with van der Waals surface area (Å²) in [5, 5.41) is 0. The number of hydrogen-bond donors (Lipinski definition) is 1. The molecule has 0 spiro atoms. The summed E-state index contributed by atoms with van der Waals surface area (Å²) in [6.07, 6.45) is 4.41. The second kappa shape index (κ2) is 9.02. The van der Waals surface area contributed by atoms with E-state index >= 15 is 0 Å². The molecule has 3 nitrogen and oxygen atoms in total. The fourth-order valence-corrected chi connectivity index (χ4v) is 3.70. The van der Waals surface area contributed by atoms with Gasteiger partial charge in [-0.2, -0.15) is 0 Å². The van der Waals surface area contributed by atoms with E-state index in [1.165, 1.54) is 23.1 Å². The molecule has 1 aliphatic rings. The molecule has 2 N–H and O–H groups in total. The van der Waals surface area contributed by atoms with Gasteiger partial charge in [-0.3, -0.25) is 9.69 Å². The van der Waals surface area contributed by atoms with Gasteiger partial charge in [-0.1, -0.05) is 43.3 Å². The number of carbonyl (C=O) groups excluding carboxylic acids is 1. The van der Waals surface area contributed by atoms with Gasteiger partial charge in [-0.05, 0) is 61.1 Å². The van der Waals surface area contributed by atoms with Gasteiger partial charge in [0.1, 0.15) is 0 Å². The fraction of sp³-hybridized carbons (Fsp3) is 0.381. The highest BCUT2D eigenvalue weighted by Gasteiger charge is 2.24. The van der Waals surface area contributed by atoms with Gasteiger partial charge in [0.15, 0.2) is 0 Å². The molecule has 0 aliphatic heterocycles. The molecule has 0 saturated heterocycles. The number of primary amides is 1. The van der Waals surface area contributed by atoms with Gasteiger partial charge in [0.25, 0.3) is 0 Å². The van der Waals surface area contributed by atoms with Gasteiger partial charge in [0.05, 0.1) is 0 Å². The molecule has 3 rings (SSSR count). The smallest absolute Gasteiger partial charge is 0.248 e. The topological polar surface area (TPSA) is 46.3 Å². The number of amides is 1. The molecule has 0 radical (unpaired) electrons. The highest BCUT2D eigenvalue weighted by atomic mass is 35.5. The van der Waals surface area contributed by atoms with Gasteiger partial charge in [0, 0.05) is 18.2 Å². The Hall–Kier alpha value is -1.84. The Labute approximate surface area is 156 Å². The van der Waals surface area contributed by atoms with Crippen molar-refractivity contribution in [3.05, 3.63) is 70.8 Å². The number of halogens is 1. The van der Waals surface area contributed by atoms with E-state index in [1.54, 1.807) is 0 Å². The van der Waals surface area contributed by atoms with Crippen LogP contribution in [0, 0.1) is 0 Å². The Kier molecular flexibility index (Phi) is 7.03. The number of nitrogens with two attached hydrogens (primary N) is 1. The van der Waals surface area contributed by atoms with Gasteiger partial charge in [-0.25, -0.2) is 0 Å². The average molecular weight is 359 g/mol. The highest BCUT2D eigenvalue weighted by Crippen LogP contribution is 2.26. The maximum atomic E-state index is 11.5. The number of fused-ring (bicyclic) bond motifs is 1. The molecule has 0 aromatic heterocycles. The van der Waals surface area contributed by atoms with E-state index in [0.717, 1.165) is 32.4 Å². The van der Waals surface area contributed by atoms with E-state index in [-0.39, 0.29) is 18.3 Å². The Balaban J connectivity index is 0.00000225. The average Bonchev–Trinajstić information content (AvgIpc) is 2.61. The second-order valence-corrected chi connectivity index (χ2v) is 6.70. The summed E-state index contributed by atoms with van der Waals surface area (Å²) < 4.78 is 0. The molecule has 25 heavy (non-hydrogen) atoms. The van der Waals surface area contributed by atoms with Crippen molar-refractivity contribution in [2.45, 2.75) is 45.2 Å². The number of benzene rings is 2. The van der Waals surface area contributed by atoms with Crippen LogP contribution in [-0.2, 0) is 19.4 Å². The van der Waals surface area contributed by atoms with E-state index in [9.17, 15) is 4.79 Å². The summed E-state index contributed by atoms with van der Waals surface area (Å²) in [6, 6.07) is 17.1. The third kappa shape index (κ3) is 4.83. The molecule has 0 heterocycles. The minimum atomic E-state index is -0.338. The van der Waals surface area contributed by atoms with E-state index < -0.39 is 0 Å². The Morgan fingerprint density at radius 1 is 1.16 bits per heavy atom. The Morgan fingerprint density at radius 3 is 2.60 bits per heavy atom. The van der Waals surface area contributed by atoms with Crippen molar-refractivity contribution in [1.82, 2.24) is 4.90 Å². The van der Waals surface area contributed by atoms with E-state index in [4.69, 9.17) is 5.73 Å². The standard InChI is InChI=1S/C21H26N2O.ClH/c1-2-12-23(15-16-6-4-3-5-7-16)20-11-10-17-8-9-18(21(22)24)13-19(17)14-20;/h3-9,13,20H,2,10-12,14-15H2,1H3,(H2,22,24);1H. The van der Waals surface area contributed by atoms with Crippen LogP contribution in [-0.4, -0.2) is 23.4 Å². The molecule has 2 aromatic carbocycles. The Morgan fingerprint density at radius 2 is 1.92 bits per heavy atom. The van der Waals surface area contributed by atoms with Crippen molar-refractivity contribution in [3.63, 3.8) is 0 Å². The number of hydrogen-bond acceptors (Lipinski definition) is 2. The van der Waals surface area contributed by atoms with Gasteiger partial charge >= 0.3 is 0 Å². The molecular formula is C21H27ClN2O. The van der Waals surface area contributed by atoms with Crippen molar-refractivity contribution < 1.29 is 4.79 Å². The fourth-order valence-electron chi connectivity index (χ4n) is 3.70. The van der Waals surface area contributed by atoms with Crippen molar-refractivity contribution in [2.24, 2.45) is 5.73 Å². The summed E-state index contributed by atoms with van der Waals surface area (Å²) in [5.74, 6) is -0.338. The predicted molar refractivity (Wildman–Crippen MR) is 105 cm³/mol. The lowest BCUT2D eigenvalue weighted by Gasteiger charge is -2.35. The summed E-state index contributed by atoms with van der Waals surface area (Å²) in [4.78, 5) is 14.1. The lowest BCUT2D eigenvalue weighted by Crippen LogP contribution is -2.39. The summed E-state index contributed by atoms with van der Waals surface area (Å²) in [7, 11) is 0. The first kappa shape index (κ1) is 19.5. The monoisotopic (exact) mass is 358 g/mol. The summed E-state index contributed by atoms with van der Waals surface area (Å²) in [5.41, 5.74) is 10.1. The van der Waals surface area contributed by atoms with Gasteiger partial charge in [0.2, 0.25) is 5.91 Å². The van der Waals surface area contributed by atoms with Crippen LogP contribution < -0.4 is 5.73 Å². The van der Waals surface area contributed by atoms with Crippen molar-refractivity contribution in [2.75, 3.05) is 6.54 Å². The zero-order chi connectivity index (χ0) is 16.9. The first-order valence-corrected chi connectivity index (χ1v) is 8.87. The molecule has 1 aliphatic carbocycles. The molecule has 0 bridgehead atoms. The molecular weight excluding hydrogens is 332 g/mol. The van der Waals surface area contributed by atoms with Crippen LogP contribution in [0.25, 0.3) is 0 Å². The molecule has 1 unspecified atom stereocenters. The third-order valence-corrected chi connectivity index (χ3v) is 4.95. The first-order chi connectivity index (χ1) is 11.7. The second-order valence-electron chi connectivity index (χ2n) is 6.70. The van der Waals surface area contributed by atoms with E-state index in [2.05, 4.69) is 48.2 Å². The maximum absolute atomic E-state index is 11.5. The van der Waals surface area contributed by atoms with Crippen LogP contribution >= 0.6 is 12.4 Å². The van der Waals surface area contributed by atoms with Crippen LogP contribution in [0.5, 0.6) is 0 Å². The quantitative estimate of drug-likeness (QED) is 0.849. The summed E-state index contributed by atoms with van der Waals surface area (Å²) >= 11 is 0. The zero-order valence-electron chi connectivity index (χ0n) is 14.8. The van der Waals surface area contributed by atoms with Crippen LogP contribution in [0.4, 0.5) is 0 Å². The molecule has 1 amide bonds. The molecule has 1 atom stereocenters. The minimum Gasteiger partial charge on any atom is -0.366 e. The van der Waals surface area contributed by atoms with E-state index in [1.807, 2.05) is 12.1 Å². The first-order valence-electron chi connectivity index (χ1n) is 8.87. The Bertz CT molecular complexity index is 702. The highest BCUT2D eigenvalue weighted by molar-refractivity contribution is 5.93. The molecule has 0 saturated carbocycles. The van der Waals surface area contributed by atoms with Crippen LogP contribution in [0.2, 0.25) is 0 Å². The van der Waals surface area contributed by atoms with Crippen LogP contribution in [0.15, 0.2) is 48.5 Å². The van der Waals surface area contributed by atoms with Crippen molar-refractivity contribution in [1.29, 1.82) is 0 Å². The number of carbonyl (C=O) groups is 1. The number of nitrogens with zero attached hydrogens (tertiary/aromatic N) is 1. The van der Waals surface area contributed by atoms with Crippen molar-refractivity contribution in [3.8, 4) is 0 Å².